The molecule has 5 heteroatoms. The molecular formula is C15H20BrFN2O. The fourth-order valence-electron chi connectivity index (χ4n) is 2.80. The van der Waals surface area contributed by atoms with Crippen LogP contribution in [0.15, 0.2) is 22.7 Å². The second-order valence-electron chi connectivity index (χ2n) is 5.37. The van der Waals surface area contributed by atoms with Gasteiger partial charge < -0.3 is 10.2 Å². The van der Waals surface area contributed by atoms with Crippen molar-refractivity contribution in [2.24, 2.45) is 0 Å². The number of carbonyl (C=O) groups is 1. The molecule has 0 unspecified atom stereocenters. The summed E-state index contributed by atoms with van der Waals surface area (Å²) in [4.78, 5) is 14.2. The molecule has 1 aliphatic carbocycles. The summed E-state index contributed by atoms with van der Waals surface area (Å²) in [5.74, 6) is -0.506. The van der Waals surface area contributed by atoms with Crippen LogP contribution in [0, 0.1) is 5.82 Å². The van der Waals surface area contributed by atoms with Gasteiger partial charge in [-0.25, -0.2) is 4.39 Å². The standard InChI is InChI=1S/C15H20BrFN2O/c1-18-13-3-5-14(6-4-13)19(2)15(20)10-7-11(16)9-12(17)8-10/h7-9,13-14,18H,3-6H2,1-2H3. The van der Waals surface area contributed by atoms with Crippen molar-refractivity contribution in [3.8, 4) is 0 Å². The Morgan fingerprint density at radius 2 is 1.95 bits per heavy atom. The number of nitrogens with one attached hydrogen (secondary N) is 1. The van der Waals surface area contributed by atoms with Crippen LogP contribution in [0.2, 0.25) is 0 Å². The third-order valence-electron chi connectivity index (χ3n) is 4.08. The fourth-order valence-corrected chi connectivity index (χ4v) is 3.26. The van der Waals surface area contributed by atoms with Gasteiger partial charge in [0.25, 0.3) is 5.91 Å². The first-order valence-electron chi connectivity index (χ1n) is 6.91. The molecule has 0 spiro atoms. The van der Waals surface area contributed by atoms with Crippen LogP contribution in [0.4, 0.5) is 4.39 Å². The predicted molar refractivity (Wildman–Crippen MR) is 81.3 cm³/mol. The molecule has 0 aliphatic heterocycles. The minimum Gasteiger partial charge on any atom is -0.339 e. The molecule has 1 amide bonds. The normalized spacial score (nSPS) is 22.6. The van der Waals surface area contributed by atoms with E-state index in [0.717, 1.165) is 25.7 Å². The number of rotatable bonds is 3. The molecule has 0 saturated heterocycles. The predicted octanol–water partition coefficient (Wildman–Crippen LogP) is 3.19. The maximum absolute atomic E-state index is 13.4. The molecule has 1 N–H and O–H groups in total. The highest BCUT2D eigenvalue weighted by Gasteiger charge is 2.26. The SMILES string of the molecule is CNC1CCC(N(C)C(=O)c2cc(F)cc(Br)c2)CC1. The minimum absolute atomic E-state index is 0.113. The number of halogens is 2. The molecule has 0 aromatic heterocycles. The molecule has 1 aromatic rings. The number of carbonyl (C=O) groups excluding carboxylic acids is 1. The molecule has 0 heterocycles. The van der Waals surface area contributed by atoms with E-state index < -0.39 is 5.82 Å². The van der Waals surface area contributed by atoms with Crippen LogP contribution < -0.4 is 5.32 Å². The highest BCUT2D eigenvalue weighted by molar-refractivity contribution is 9.10. The van der Waals surface area contributed by atoms with E-state index in [9.17, 15) is 9.18 Å². The Bertz CT molecular complexity index is 467. The summed E-state index contributed by atoms with van der Waals surface area (Å²) < 4.78 is 14.0. The summed E-state index contributed by atoms with van der Waals surface area (Å²) in [6.45, 7) is 0. The largest absolute Gasteiger partial charge is 0.339 e. The van der Waals surface area contributed by atoms with Crippen molar-refractivity contribution in [2.75, 3.05) is 14.1 Å². The van der Waals surface area contributed by atoms with Crippen molar-refractivity contribution in [3.05, 3.63) is 34.1 Å². The number of nitrogens with zero attached hydrogens (tertiary/aromatic N) is 1. The maximum Gasteiger partial charge on any atom is 0.253 e. The molecule has 20 heavy (non-hydrogen) atoms. The van der Waals surface area contributed by atoms with Gasteiger partial charge in [0.15, 0.2) is 0 Å². The van der Waals surface area contributed by atoms with E-state index in [1.807, 2.05) is 14.1 Å². The first kappa shape index (κ1) is 15.4. The Morgan fingerprint density at radius 3 is 2.50 bits per heavy atom. The van der Waals surface area contributed by atoms with Crippen molar-refractivity contribution in [2.45, 2.75) is 37.8 Å². The second kappa shape index (κ2) is 6.68. The van der Waals surface area contributed by atoms with E-state index in [-0.39, 0.29) is 11.9 Å². The summed E-state index contributed by atoms with van der Waals surface area (Å²) in [5, 5.41) is 3.28. The van der Waals surface area contributed by atoms with Crippen molar-refractivity contribution < 1.29 is 9.18 Å². The monoisotopic (exact) mass is 342 g/mol. The molecule has 0 atom stereocenters. The molecular weight excluding hydrogens is 323 g/mol. The summed E-state index contributed by atoms with van der Waals surface area (Å²) in [6.07, 6.45) is 4.13. The highest BCUT2D eigenvalue weighted by atomic mass is 79.9. The van der Waals surface area contributed by atoms with Crippen LogP contribution in [0.1, 0.15) is 36.0 Å². The number of hydrogen-bond acceptors (Lipinski definition) is 2. The lowest BCUT2D eigenvalue weighted by atomic mass is 9.90. The molecule has 110 valence electrons. The molecule has 1 aromatic carbocycles. The Kier molecular flexibility index (Phi) is 5.16. The molecule has 1 fully saturated rings. The molecule has 0 bridgehead atoms. The fraction of sp³-hybridized carbons (Fsp3) is 0.533. The molecule has 1 aliphatic rings. The number of hydrogen-bond donors (Lipinski definition) is 1. The van der Waals surface area contributed by atoms with Gasteiger partial charge in [0.05, 0.1) is 0 Å². The highest BCUT2D eigenvalue weighted by Crippen LogP contribution is 2.24. The first-order valence-corrected chi connectivity index (χ1v) is 7.71. The smallest absolute Gasteiger partial charge is 0.253 e. The van der Waals surface area contributed by atoms with E-state index in [0.29, 0.717) is 16.1 Å². The van der Waals surface area contributed by atoms with Crippen LogP contribution in [0.3, 0.4) is 0 Å². The van der Waals surface area contributed by atoms with Crippen LogP contribution in [-0.2, 0) is 0 Å². The van der Waals surface area contributed by atoms with Gasteiger partial charge in [0, 0.05) is 29.2 Å². The third kappa shape index (κ3) is 3.58. The van der Waals surface area contributed by atoms with Crippen LogP contribution >= 0.6 is 15.9 Å². The first-order chi connectivity index (χ1) is 9.51. The average molecular weight is 343 g/mol. The molecule has 1 saturated carbocycles. The van der Waals surface area contributed by atoms with E-state index in [4.69, 9.17) is 0 Å². The maximum atomic E-state index is 13.4. The van der Waals surface area contributed by atoms with E-state index >= 15 is 0 Å². The number of amides is 1. The molecule has 3 nitrogen and oxygen atoms in total. The molecule has 2 rings (SSSR count). The zero-order valence-corrected chi connectivity index (χ0v) is 13.4. The third-order valence-corrected chi connectivity index (χ3v) is 4.54. The minimum atomic E-state index is -0.394. The van der Waals surface area contributed by atoms with Crippen molar-refractivity contribution in [3.63, 3.8) is 0 Å². The van der Waals surface area contributed by atoms with Crippen LogP contribution in [0.5, 0.6) is 0 Å². The van der Waals surface area contributed by atoms with Gasteiger partial charge >= 0.3 is 0 Å². The Hall–Kier alpha value is -0.940. The average Bonchev–Trinajstić information content (AvgIpc) is 2.45. The summed E-state index contributed by atoms with van der Waals surface area (Å²) >= 11 is 3.22. The van der Waals surface area contributed by atoms with Crippen LogP contribution in [0.25, 0.3) is 0 Å². The Morgan fingerprint density at radius 1 is 1.30 bits per heavy atom. The van der Waals surface area contributed by atoms with Gasteiger partial charge in [-0.15, -0.1) is 0 Å². The van der Waals surface area contributed by atoms with Crippen LogP contribution in [-0.4, -0.2) is 37.0 Å². The Balaban J connectivity index is 2.05. The second-order valence-corrected chi connectivity index (χ2v) is 6.28. The lowest BCUT2D eigenvalue weighted by Gasteiger charge is -2.34. The topological polar surface area (TPSA) is 32.3 Å². The van der Waals surface area contributed by atoms with Gasteiger partial charge in [-0.2, -0.15) is 0 Å². The zero-order chi connectivity index (χ0) is 14.7. The number of benzene rings is 1. The van der Waals surface area contributed by atoms with Crippen molar-refractivity contribution >= 4 is 21.8 Å². The zero-order valence-electron chi connectivity index (χ0n) is 11.8. The quantitative estimate of drug-likeness (QED) is 0.914. The summed E-state index contributed by atoms with van der Waals surface area (Å²) in [5.41, 5.74) is 0.398. The van der Waals surface area contributed by atoms with Crippen molar-refractivity contribution in [1.29, 1.82) is 0 Å². The van der Waals surface area contributed by atoms with Gasteiger partial charge in [-0.05, 0) is 50.9 Å². The van der Waals surface area contributed by atoms with Crippen molar-refractivity contribution in [1.82, 2.24) is 10.2 Å². The molecule has 0 radical (unpaired) electrons. The van der Waals surface area contributed by atoms with E-state index in [2.05, 4.69) is 21.2 Å². The van der Waals surface area contributed by atoms with Gasteiger partial charge in [0.1, 0.15) is 5.82 Å². The van der Waals surface area contributed by atoms with Gasteiger partial charge in [-0.3, -0.25) is 4.79 Å². The van der Waals surface area contributed by atoms with Gasteiger partial charge in [-0.1, -0.05) is 15.9 Å². The summed E-state index contributed by atoms with van der Waals surface area (Å²) in [6, 6.07) is 5.12. The lowest BCUT2D eigenvalue weighted by molar-refractivity contribution is 0.0685. The Labute approximate surface area is 127 Å². The van der Waals surface area contributed by atoms with E-state index in [1.165, 1.54) is 12.1 Å². The van der Waals surface area contributed by atoms with E-state index in [1.54, 1.807) is 11.0 Å². The van der Waals surface area contributed by atoms with Gasteiger partial charge in [0.2, 0.25) is 0 Å². The summed E-state index contributed by atoms with van der Waals surface area (Å²) in [7, 11) is 3.79. The lowest BCUT2D eigenvalue weighted by Crippen LogP contribution is -2.42.